The molecule has 0 spiro atoms. The lowest BCUT2D eigenvalue weighted by Crippen LogP contribution is -2.21. The Morgan fingerprint density at radius 2 is 2.06 bits per heavy atom. The summed E-state index contributed by atoms with van der Waals surface area (Å²) in [7, 11) is 1.53. The summed E-state index contributed by atoms with van der Waals surface area (Å²) in [6.07, 6.45) is 8.51. The largest absolute Gasteiger partial charge is 0.355 e. The van der Waals surface area contributed by atoms with Gasteiger partial charge < -0.3 is 25.1 Å². The monoisotopic (exact) mass is 434 g/mol. The molecule has 9 nitrogen and oxygen atoms in total. The van der Waals surface area contributed by atoms with E-state index in [1.54, 1.807) is 22.9 Å². The Bertz CT molecular complexity index is 1270. The van der Waals surface area contributed by atoms with Gasteiger partial charge in [-0.25, -0.2) is 4.98 Å². The van der Waals surface area contributed by atoms with Crippen LogP contribution in [0.1, 0.15) is 30.1 Å². The van der Waals surface area contributed by atoms with Crippen molar-refractivity contribution in [2.75, 3.05) is 17.7 Å². The lowest BCUT2D eigenvalue weighted by Gasteiger charge is -2.13. The predicted octanol–water partition coefficient (Wildman–Crippen LogP) is 2.86. The van der Waals surface area contributed by atoms with E-state index in [2.05, 4.69) is 27.5 Å². The van der Waals surface area contributed by atoms with Gasteiger partial charge in [0.15, 0.2) is 0 Å². The molecule has 1 aliphatic carbocycles. The van der Waals surface area contributed by atoms with Gasteiger partial charge in [-0.05, 0) is 25.8 Å². The molecule has 1 aliphatic rings. The van der Waals surface area contributed by atoms with Gasteiger partial charge in [-0.15, -0.1) is 6.58 Å². The van der Waals surface area contributed by atoms with Gasteiger partial charge >= 0.3 is 0 Å². The molecular formula is C23H26N6O3. The maximum atomic E-state index is 13.1. The molecule has 0 radical (unpaired) electrons. The van der Waals surface area contributed by atoms with Crippen molar-refractivity contribution in [3.63, 3.8) is 0 Å². The van der Waals surface area contributed by atoms with Crippen LogP contribution in [0.2, 0.25) is 0 Å². The van der Waals surface area contributed by atoms with Crippen LogP contribution in [0.25, 0.3) is 10.9 Å². The summed E-state index contributed by atoms with van der Waals surface area (Å²) >= 11 is 0. The van der Waals surface area contributed by atoms with Gasteiger partial charge in [-0.3, -0.25) is 14.4 Å². The fourth-order valence-electron chi connectivity index (χ4n) is 3.64. The van der Waals surface area contributed by atoms with E-state index in [9.17, 15) is 14.4 Å². The molecule has 3 N–H and O–H groups in total. The molecule has 0 bridgehead atoms. The van der Waals surface area contributed by atoms with Crippen LogP contribution in [0, 0.1) is 5.92 Å². The van der Waals surface area contributed by atoms with Crippen molar-refractivity contribution in [2.24, 2.45) is 5.92 Å². The van der Waals surface area contributed by atoms with E-state index in [1.807, 2.05) is 23.8 Å². The molecule has 1 saturated carbocycles. The maximum absolute atomic E-state index is 13.1. The lowest BCUT2D eigenvalue weighted by atomic mass is 10.2. The number of carbonyl (C=O) groups excluding carboxylic acids is 2. The molecule has 3 aromatic heterocycles. The highest BCUT2D eigenvalue weighted by Gasteiger charge is 2.30. The Hall–Kier alpha value is -3.88. The van der Waals surface area contributed by atoms with E-state index < -0.39 is 0 Å². The second kappa shape index (κ2) is 8.70. The molecule has 3 heterocycles. The van der Waals surface area contributed by atoms with E-state index >= 15 is 0 Å². The number of aryl methyl sites for hydroxylation is 1. The third-order valence-corrected chi connectivity index (χ3v) is 5.52. The number of anilines is 3. The van der Waals surface area contributed by atoms with E-state index in [4.69, 9.17) is 0 Å². The molecular weight excluding hydrogens is 408 g/mol. The Labute approximate surface area is 185 Å². The molecule has 1 fully saturated rings. The maximum Gasteiger partial charge on any atom is 0.262 e. The van der Waals surface area contributed by atoms with Crippen LogP contribution in [0.5, 0.6) is 0 Å². The van der Waals surface area contributed by atoms with Crippen molar-refractivity contribution in [3.05, 3.63) is 59.3 Å². The molecule has 4 rings (SSSR count). The number of hydrogen-bond donors (Lipinski definition) is 3. The van der Waals surface area contributed by atoms with Crippen LogP contribution >= 0.6 is 0 Å². The average molecular weight is 435 g/mol. The van der Waals surface area contributed by atoms with Gasteiger partial charge in [0.25, 0.3) is 11.5 Å². The third-order valence-electron chi connectivity index (χ3n) is 5.52. The minimum Gasteiger partial charge on any atom is -0.355 e. The van der Waals surface area contributed by atoms with Crippen LogP contribution < -0.4 is 21.5 Å². The number of nitrogens with zero attached hydrogens (tertiary/aromatic N) is 3. The number of amides is 2. The number of rotatable bonds is 8. The standard InChI is InChI=1S/C23H26N6O3/c1-4-9-29-13-17(20-18(29)8-10-28(5-2)23(20)32)26-16-11-19(27-21(30)14-6-7-14)25-12-15(16)22(31)24-3/h4,8,10-14H,1,5-7,9H2,2-3H3,(H,24,31)(H2,25,26,27,30). The highest BCUT2D eigenvalue weighted by molar-refractivity contribution is 6.03. The Morgan fingerprint density at radius 3 is 2.72 bits per heavy atom. The number of nitrogens with one attached hydrogen (secondary N) is 3. The van der Waals surface area contributed by atoms with E-state index in [1.165, 1.54) is 13.2 Å². The molecule has 0 aliphatic heterocycles. The number of pyridine rings is 2. The molecule has 0 saturated heterocycles. The van der Waals surface area contributed by atoms with Crippen molar-refractivity contribution in [1.29, 1.82) is 0 Å². The van der Waals surface area contributed by atoms with Crippen molar-refractivity contribution in [3.8, 4) is 0 Å². The molecule has 0 aromatic carbocycles. The van der Waals surface area contributed by atoms with Gasteiger partial charge in [-0.1, -0.05) is 6.08 Å². The first-order valence-electron chi connectivity index (χ1n) is 10.6. The number of fused-ring (bicyclic) bond motifs is 1. The second-order valence-electron chi connectivity index (χ2n) is 7.73. The summed E-state index contributed by atoms with van der Waals surface area (Å²) in [5.41, 5.74) is 1.93. The number of aromatic nitrogens is 3. The molecule has 0 unspecified atom stereocenters. The first-order chi connectivity index (χ1) is 15.5. The molecule has 3 aromatic rings. The minimum atomic E-state index is -0.333. The van der Waals surface area contributed by atoms with Crippen LogP contribution in [0.4, 0.5) is 17.2 Å². The van der Waals surface area contributed by atoms with Crippen LogP contribution in [-0.4, -0.2) is 33.0 Å². The zero-order valence-corrected chi connectivity index (χ0v) is 18.1. The van der Waals surface area contributed by atoms with Crippen LogP contribution in [0.3, 0.4) is 0 Å². The summed E-state index contributed by atoms with van der Waals surface area (Å²) in [5, 5.41) is 9.15. The highest BCUT2D eigenvalue weighted by Crippen LogP contribution is 2.32. The van der Waals surface area contributed by atoms with Crippen LogP contribution in [0.15, 0.2) is 48.2 Å². The zero-order chi connectivity index (χ0) is 22.8. The van der Waals surface area contributed by atoms with Crippen molar-refractivity contribution in [2.45, 2.75) is 32.9 Å². The van der Waals surface area contributed by atoms with Gasteiger partial charge in [0, 0.05) is 50.7 Å². The average Bonchev–Trinajstić information content (AvgIpc) is 3.58. The Balaban J connectivity index is 1.81. The lowest BCUT2D eigenvalue weighted by molar-refractivity contribution is -0.117. The van der Waals surface area contributed by atoms with Gasteiger partial charge in [0.05, 0.1) is 27.8 Å². The smallest absolute Gasteiger partial charge is 0.262 e. The fourth-order valence-corrected chi connectivity index (χ4v) is 3.64. The third kappa shape index (κ3) is 4.01. The first-order valence-corrected chi connectivity index (χ1v) is 10.6. The van der Waals surface area contributed by atoms with Gasteiger partial charge in [0.2, 0.25) is 5.91 Å². The topological polar surface area (TPSA) is 110 Å². The summed E-state index contributed by atoms with van der Waals surface area (Å²) < 4.78 is 3.54. The van der Waals surface area contributed by atoms with E-state index in [0.29, 0.717) is 41.2 Å². The highest BCUT2D eigenvalue weighted by atomic mass is 16.2. The molecule has 2 amide bonds. The summed E-state index contributed by atoms with van der Waals surface area (Å²) in [6, 6.07) is 3.51. The van der Waals surface area contributed by atoms with E-state index in [0.717, 1.165) is 18.4 Å². The number of hydrogen-bond acceptors (Lipinski definition) is 5. The second-order valence-corrected chi connectivity index (χ2v) is 7.73. The molecule has 32 heavy (non-hydrogen) atoms. The molecule has 9 heteroatoms. The number of allylic oxidation sites excluding steroid dienone is 1. The predicted molar refractivity (Wildman–Crippen MR) is 124 cm³/mol. The first kappa shape index (κ1) is 21.4. The Kier molecular flexibility index (Phi) is 5.81. The summed E-state index contributed by atoms with van der Waals surface area (Å²) in [4.78, 5) is 41.9. The van der Waals surface area contributed by atoms with Crippen molar-refractivity contribution >= 4 is 39.9 Å². The molecule has 0 atom stereocenters. The summed E-state index contributed by atoms with van der Waals surface area (Å²) in [6.45, 7) is 6.76. The zero-order valence-electron chi connectivity index (χ0n) is 18.1. The SMILES string of the molecule is C=CCn1cc(Nc2cc(NC(=O)C3CC3)ncc2C(=O)NC)c2c(=O)n(CC)ccc21. The van der Waals surface area contributed by atoms with Crippen molar-refractivity contribution in [1.82, 2.24) is 19.4 Å². The number of carbonyl (C=O) groups is 2. The quantitative estimate of drug-likeness (QED) is 0.472. The van der Waals surface area contributed by atoms with E-state index in [-0.39, 0.29) is 23.3 Å². The molecule has 166 valence electrons. The minimum absolute atomic E-state index is 0.0243. The fraction of sp³-hybridized carbons (Fsp3) is 0.304. The van der Waals surface area contributed by atoms with Gasteiger partial charge in [-0.2, -0.15) is 0 Å². The van der Waals surface area contributed by atoms with Gasteiger partial charge in [0.1, 0.15) is 5.82 Å². The normalized spacial score (nSPS) is 13.1. The summed E-state index contributed by atoms with van der Waals surface area (Å²) in [5.74, 6) is -0.0421. The van der Waals surface area contributed by atoms with Crippen molar-refractivity contribution < 1.29 is 9.59 Å². The Morgan fingerprint density at radius 1 is 1.28 bits per heavy atom. The van der Waals surface area contributed by atoms with Crippen LogP contribution in [-0.2, 0) is 17.9 Å².